The third-order valence-electron chi connectivity index (χ3n) is 3.64. The van der Waals surface area contributed by atoms with E-state index in [2.05, 4.69) is 37.5 Å². The molecule has 0 aliphatic heterocycles. The van der Waals surface area contributed by atoms with E-state index in [9.17, 15) is 4.39 Å². The summed E-state index contributed by atoms with van der Waals surface area (Å²) in [5.74, 6) is 6.23. The van der Waals surface area contributed by atoms with Gasteiger partial charge in [-0.2, -0.15) is 0 Å². The predicted molar refractivity (Wildman–Crippen MR) is 85.4 cm³/mol. The van der Waals surface area contributed by atoms with Crippen molar-refractivity contribution in [2.24, 2.45) is 5.92 Å². The Bertz CT molecular complexity index is 490. The SMILES string of the molecule is CCC(C)CN(CC)Cc1ccc(F)cc1C#CCCO. The molecule has 21 heavy (non-hydrogen) atoms. The molecule has 1 atom stereocenters. The number of hydrogen-bond acceptors (Lipinski definition) is 2. The van der Waals surface area contributed by atoms with Crippen molar-refractivity contribution >= 4 is 0 Å². The monoisotopic (exact) mass is 291 g/mol. The molecule has 0 saturated carbocycles. The molecule has 0 spiro atoms. The molecule has 1 aromatic carbocycles. The first-order valence-corrected chi connectivity index (χ1v) is 7.71. The Balaban J connectivity index is 2.88. The molecular formula is C18H26FNO. The molecule has 0 bridgehead atoms. The van der Waals surface area contributed by atoms with E-state index in [-0.39, 0.29) is 12.4 Å². The molecule has 0 aliphatic carbocycles. The van der Waals surface area contributed by atoms with Gasteiger partial charge in [0.05, 0.1) is 6.61 Å². The van der Waals surface area contributed by atoms with Crippen LogP contribution in [0.15, 0.2) is 18.2 Å². The zero-order chi connectivity index (χ0) is 15.7. The zero-order valence-corrected chi connectivity index (χ0v) is 13.3. The van der Waals surface area contributed by atoms with E-state index in [0.717, 1.165) is 37.2 Å². The van der Waals surface area contributed by atoms with Crippen molar-refractivity contribution in [3.8, 4) is 11.8 Å². The maximum atomic E-state index is 13.4. The molecule has 0 aromatic heterocycles. The van der Waals surface area contributed by atoms with Crippen LogP contribution in [0.4, 0.5) is 4.39 Å². The second kappa shape index (κ2) is 9.55. The normalized spacial score (nSPS) is 12.1. The van der Waals surface area contributed by atoms with Gasteiger partial charge in [-0.1, -0.05) is 45.1 Å². The minimum absolute atomic E-state index is 0.0345. The lowest BCUT2D eigenvalue weighted by Gasteiger charge is -2.24. The maximum absolute atomic E-state index is 13.4. The standard InChI is InChI=1S/C18H26FNO/c1-4-15(3)13-20(5-2)14-17-9-10-18(19)12-16(17)8-6-7-11-21/h9-10,12,15,21H,4-5,7,11,13-14H2,1-3H3. The number of nitrogens with zero attached hydrogens (tertiary/aromatic N) is 1. The zero-order valence-electron chi connectivity index (χ0n) is 13.3. The molecule has 116 valence electrons. The third-order valence-corrected chi connectivity index (χ3v) is 3.64. The van der Waals surface area contributed by atoms with Crippen LogP contribution in [-0.2, 0) is 6.54 Å². The highest BCUT2D eigenvalue weighted by Crippen LogP contribution is 2.15. The Morgan fingerprint density at radius 1 is 1.33 bits per heavy atom. The van der Waals surface area contributed by atoms with E-state index in [1.165, 1.54) is 12.1 Å². The highest BCUT2D eigenvalue weighted by Gasteiger charge is 2.10. The lowest BCUT2D eigenvalue weighted by molar-refractivity contribution is 0.238. The number of halogens is 1. The summed E-state index contributed by atoms with van der Waals surface area (Å²) in [4.78, 5) is 2.36. The lowest BCUT2D eigenvalue weighted by Crippen LogP contribution is -2.28. The highest BCUT2D eigenvalue weighted by molar-refractivity contribution is 5.41. The molecule has 1 rings (SSSR count). The van der Waals surface area contributed by atoms with Crippen LogP contribution in [0, 0.1) is 23.6 Å². The topological polar surface area (TPSA) is 23.5 Å². The van der Waals surface area contributed by atoms with Crippen molar-refractivity contribution in [1.82, 2.24) is 4.90 Å². The van der Waals surface area contributed by atoms with E-state index in [1.807, 2.05) is 6.07 Å². The van der Waals surface area contributed by atoms with Crippen LogP contribution in [0.25, 0.3) is 0 Å². The molecule has 0 saturated heterocycles. The Morgan fingerprint density at radius 3 is 2.71 bits per heavy atom. The summed E-state index contributed by atoms with van der Waals surface area (Å²) in [5.41, 5.74) is 1.78. The quantitative estimate of drug-likeness (QED) is 0.778. The first-order valence-electron chi connectivity index (χ1n) is 7.71. The van der Waals surface area contributed by atoms with Crippen LogP contribution in [0.1, 0.15) is 44.7 Å². The number of aliphatic hydroxyl groups excluding tert-OH is 1. The van der Waals surface area contributed by atoms with Crippen molar-refractivity contribution in [2.75, 3.05) is 19.7 Å². The molecule has 1 N–H and O–H groups in total. The summed E-state index contributed by atoms with van der Waals surface area (Å²) >= 11 is 0. The van der Waals surface area contributed by atoms with Crippen molar-refractivity contribution in [1.29, 1.82) is 0 Å². The van der Waals surface area contributed by atoms with Crippen molar-refractivity contribution in [2.45, 2.75) is 40.2 Å². The number of rotatable bonds is 7. The number of benzene rings is 1. The van der Waals surface area contributed by atoms with Gasteiger partial charge in [0.15, 0.2) is 0 Å². The van der Waals surface area contributed by atoms with Crippen LogP contribution < -0.4 is 0 Å². The average molecular weight is 291 g/mol. The van der Waals surface area contributed by atoms with Crippen molar-refractivity contribution < 1.29 is 9.50 Å². The predicted octanol–water partition coefficient (Wildman–Crippen LogP) is 3.43. The van der Waals surface area contributed by atoms with E-state index in [0.29, 0.717) is 12.3 Å². The Hall–Kier alpha value is -1.37. The Morgan fingerprint density at radius 2 is 2.10 bits per heavy atom. The first-order chi connectivity index (χ1) is 10.1. The minimum Gasteiger partial charge on any atom is -0.395 e. The van der Waals surface area contributed by atoms with E-state index < -0.39 is 0 Å². The number of hydrogen-bond donors (Lipinski definition) is 1. The van der Waals surface area contributed by atoms with Crippen molar-refractivity contribution in [3.63, 3.8) is 0 Å². The summed E-state index contributed by atoms with van der Waals surface area (Å²) in [7, 11) is 0. The molecular weight excluding hydrogens is 265 g/mol. The fourth-order valence-corrected chi connectivity index (χ4v) is 2.13. The molecule has 3 heteroatoms. The molecule has 1 unspecified atom stereocenters. The van der Waals surface area contributed by atoms with E-state index in [1.54, 1.807) is 0 Å². The Labute approximate surface area is 128 Å². The summed E-state index contributed by atoms with van der Waals surface area (Å²) in [6.07, 6.45) is 1.57. The summed E-state index contributed by atoms with van der Waals surface area (Å²) in [6.45, 7) is 9.40. The van der Waals surface area contributed by atoms with E-state index >= 15 is 0 Å². The molecule has 0 fully saturated rings. The summed E-state index contributed by atoms with van der Waals surface area (Å²) in [5, 5.41) is 8.79. The maximum Gasteiger partial charge on any atom is 0.124 e. The molecule has 1 aromatic rings. The fourth-order valence-electron chi connectivity index (χ4n) is 2.13. The first kappa shape index (κ1) is 17.7. The van der Waals surface area contributed by atoms with Crippen LogP contribution in [0.3, 0.4) is 0 Å². The van der Waals surface area contributed by atoms with Gasteiger partial charge in [0.25, 0.3) is 0 Å². The molecule has 0 aliphatic rings. The van der Waals surface area contributed by atoms with Gasteiger partial charge in [-0.25, -0.2) is 4.39 Å². The number of aliphatic hydroxyl groups is 1. The van der Waals surface area contributed by atoms with E-state index in [4.69, 9.17) is 5.11 Å². The summed E-state index contributed by atoms with van der Waals surface area (Å²) < 4.78 is 13.4. The van der Waals surface area contributed by atoms with Gasteiger partial charge < -0.3 is 5.11 Å². The smallest absolute Gasteiger partial charge is 0.124 e. The second-order valence-corrected chi connectivity index (χ2v) is 5.42. The van der Waals surface area contributed by atoms with Crippen LogP contribution in [0.2, 0.25) is 0 Å². The van der Waals surface area contributed by atoms with Gasteiger partial charge >= 0.3 is 0 Å². The summed E-state index contributed by atoms with van der Waals surface area (Å²) in [6, 6.07) is 4.79. The van der Waals surface area contributed by atoms with Gasteiger partial charge in [-0.15, -0.1) is 0 Å². The van der Waals surface area contributed by atoms with Crippen LogP contribution >= 0.6 is 0 Å². The van der Waals surface area contributed by atoms with Crippen LogP contribution in [-0.4, -0.2) is 29.7 Å². The van der Waals surface area contributed by atoms with Crippen LogP contribution in [0.5, 0.6) is 0 Å². The minimum atomic E-state index is -0.267. The fraction of sp³-hybridized carbons (Fsp3) is 0.556. The lowest BCUT2D eigenvalue weighted by atomic mass is 10.0. The molecule has 2 nitrogen and oxygen atoms in total. The van der Waals surface area contributed by atoms with Gasteiger partial charge in [0, 0.05) is 25.1 Å². The molecule has 0 heterocycles. The Kier molecular flexibility index (Phi) is 8.04. The second-order valence-electron chi connectivity index (χ2n) is 5.42. The largest absolute Gasteiger partial charge is 0.395 e. The molecule has 0 radical (unpaired) electrons. The molecule has 0 amide bonds. The third kappa shape index (κ3) is 6.29. The highest BCUT2D eigenvalue weighted by atomic mass is 19.1. The van der Waals surface area contributed by atoms with Gasteiger partial charge in [-0.3, -0.25) is 4.90 Å². The van der Waals surface area contributed by atoms with Crippen molar-refractivity contribution in [3.05, 3.63) is 35.1 Å². The van der Waals surface area contributed by atoms with Gasteiger partial charge in [0.1, 0.15) is 5.82 Å². The van der Waals surface area contributed by atoms with Gasteiger partial charge in [0.2, 0.25) is 0 Å². The van der Waals surface area contributed by atoms with Gasteiger partial charge in [-0.05, 0) is 30.2 Å². The average Bonchev–Trinajstić information content (AvgIpc) is 2.48.